The van der Waals surface area contributed by atoms with E-state index in [0.29, 0.717) is 12.8 Å². The maximum absolute atomic E-state index is 11.1. The molecule has 4 N–H and O–H groups in total. The molecule has 0 aliphatic carbocycles. The van der Waals surface area contributed by atoms with Crippen LogP contribution in [0.4, 0.5) is 0 Å². The summed E-state index contributed by atoms with van der Waals surface area (Å²) in [6.07, 6.45) is 1.10. The lowest BCUT2D eigenvalue weighted by molar-refractivity contribution is -0.117. The number of aromatic nitrogens is 2. The Morgan fingerprint density at radius 1 is 1.35 bits per heavy atom. The third kappa shape index (κ3) is 2.62. The van der Waals surface area contributed by atoms with Crippen molar-refractivity contribution in [2.75, 3.05) is 0 Å². The van der Waals surface area contributed by atoms with Crippen LogP contribution in [0.2, 0.25) is 0 Å². The van der Waals surface area contributed by atoms with Crippen LogP contribution in [-0.4, -0.2) is 15.8 Å². The molecule has 0 aliphatic heterocycles. The van der Waals surface area contributed by atoms with E-state index >= 15 is 0 Å². The molecule has 0 spiro atoms. The first-order chi connectivity index (χ1) is 8.06. The van der Waals surface area contributed by atoms with Crippen LogP contribution in [0.15, 0.2) is 23.0 Å². The highest BCUT2D eigenvalue weighted by Gasteiger charge is 2.08. The zero-order chi connectivity index (χ0) is 12.4. The Kier molecular flexibility index (Phi) is 3.10. The number of hydrogen-bond acceptors (Lipinski definition) is 3. The van der Waals surface area contributed by atoms with E-state index in [1.807, 2.05) is 18.2 Å². The molecule has 0 saturated carbocycles. The van der Waals surface area contributed by atoms with Crippen molar-refractivity contribution in [1.29, 1.82) is 0 Å². The van der Waals surface area contributed by atoms with Gasteiger partial charge in [0.15, 0.2) is 0 Å². The van der Waals surface area contributed by atoms with Crippen molar-refractivity contribution >= 4 is 16.8 Å². The maximum Gasteiger partial charge on any atom is 0.323 e. The van der Waals surface area contributed by atoms with Crippen LogP contribution in [0.1, 0.15) is 31.4 Å². The first-order valence-electron chi connectivity index (χ1n) is 5.53. The van der Waals surface area contributed by atoms with E-state index in [0.717, 1.165) is 16.6 Å². The number of ketones is 1. The topological polar surface area (TPSA) is 91.7 Å². The van der Waals surface area contributed by atoms with Gasteiger partial charge in [0.2, 0.25) is 0 Å². The molecule has 1 aromatic heterocycles. The quantitative estimate of drug-likeness (QED) is 0.741. The van der Waals surface area contributed by atoms with Gasteiger partial charge in [0.1, 0.15) is 5.78 Å². The number of rotatable bonds is 4. The largest absolute Gasteiger partial charge is 0.324 e. The van der Waals surface area contributed by atoms with Crippen LogP contribution in [0.25, 0.3) is 11.0 Å². The minimum Gasteiger partial charge on any atom is -0.324 e. The van der Waals surface area contributed by atoms with Crippen molar-refractivity contribution < 1.29 is 4.79 Å². The average molecular weight is 233 g/mol. The number of imidazole rings is 1. The monoisotopic (exact) mass is 233 g/mol. The molecule has 17 heavy (non-hydrogen) atoms. The summed E-state index contributed by atoms with van der Waals surface area (Å²) in [6.45, 7) is 1.56. The third-order valence-corrected chi connectivity index (χ3v) is 2.78. The number of Topliss-reactive ketones (excluding diaryl/α,β-unsaturated/α-hetero) is 1. The molecule has 1 heterocycles. The number of carbonyl (C=O) groups is 1. The van der Waals surface area contributed by atoms with E-state index in [1.165, 1.54) is 0 Å². The van der Waals surface area contributed by atoms with Crippen LogP contribution >= 0.6 is 0 Å². The maximum atomic E-state index is 11.1. The van der Waals surface area contributed by atoms with E-state index in [4.69, 9.17) is 5.73 Å². The van der Waals surface area contributed by atoms with Gasteiger partial charge in [-0.15, -0.1) is 0 Å². The molecular weight excluding hydrogens is 218 g/mol. The first kappa shape index (κ1) is 11.6. The van der Waals surface area contributed by atoms with E-state index in [-0.39, 0.29) is 17.5 Å². The van der Waals surface area contributed by atoms with Crippen molar-refractivity contribution in [2.24, 2.45) is 5.73 Å². The summed E-state index contributed by atoms with van der Waals surface area (Å²) in [4.78, 5) is 27.3. The molecule has 0 fully saturated rings. The molecule has 1 atom stereocenters. The molecule has 1 aromatic carbocycles. The smallest absolute Gasteiger partial charge is 0.323 e. The van der Waals surface area contributed by atoms with Gasteiger partial charge in [-0.2, -0.15) is 0 Å². The number of nitrogens with one attached hydrogen (secondary N) is 2. The van der Waals surface area contributed by atoms with E-state index in [1.54, 1.807) is 6.92 Å². The first-order valence-corrected chi connectivity index (χ1v) is 5.53. The summed E-state index contributed by atoms with van der Waals surface area (Å²) in [5.74, 6) is 0.136. The van der Waals surface area contributed by atoms with Gasteiger partial charge in [-0.3, -0.25) is 0 Å². The predicted octanol–water partition coefficient (Wildman–Crippen LogP) is 1.23. The Hall–Kier alpha value is -1.88. The Morgan fingerprint density at radius 2 is 2.06 bits per heavy atom. The minimum atomic E-state index is -0.227. The standard InChI is InChI=1S/C12H15N3O2/c1-7(16)2-4-9(13)8-3-5-10-11(6-8)15-12(17)14-10/h3,5-6,9H,2,4,13H2,1H3,(H2,14,15,17). The molecule has 90 valence electrons. The van der Waals surface area contributed by atoms with Crippen molar-refractivity contribution in [3.8, 4) is 0 Å². The lowest BCUT2D eigenvalue weighted by Crippen LogP contribution is -2.11. The highest BCUT2D eigenvalue weighted by molar-refractivity contribution is 5.76. The summed E-state index contributed by atoms with van der Waals surface area (Å²) in [7, 11) is 0. The number of hydrogen-bond donors (Lipinski definition) is 3. The number of aromatic amines is 2. The second-order valence-corrected chi connectivity index (χ2v) is 4.23. The molecule has 0 bridgehead atoms. The third-order valence-electron chi connectivity index (χ3n) is 2.78. The summed E-state index contributed by atoms with van der Waals surface area (Å²) < 4.78 is 0. The highest BCUT2D eigenvalue weighted by atomic mass is 16.1. The van der Waals surface area contributed by atoms with Crippen molar-refractivity contribution in [1.82, 2.24) is 9.97 Å². The number of fused-ring (bicyclic) bond motifs is 1. The van der Waals surface area contributed by atoms with Gasteiger partial charge in [0.25, 0.3) is 0 Å². The second-order valence-electron chi connectivity index (χ2n) is 4.23. The molecule has 5 heteroatoms. The fraction of sp³-hybridized carbons (Fsp3) is 0.333. The normalized spacial score (nSPS) is 12.8. The number of nitrogens with two attached hydrogens (primary N) is 1. The number of carbonyl (C=O) groups excluding carboxylic acids is 1. The van der Waals surface area contributed by atoms with Crippen LogP contribution in [-0.2, 0) is 4.79 Å². The molecule has 0 amide bonds. The summed E-state index contributed by atoms with van der Waals surface area (Å²) >= 11 is 0. The van der Waals surface area contributed by atoms with Gasteiger partial charge < -0.3 is 20.5 Å². The highest BCUT2D eigenvalue weighted by Crippen LogP contribution is 2.19. The summed E-state index contributed by atoms with van der Waals surface area (Å²) in [5, 5.41) is 0. The molecule has 0 radical (unpaired) electrons. The van der Waals surface area contributed by atoms with E-state index in [9.17, 15) is 9.59 Å². The van der Waals surface area contributed by atoms with Crippen molar-refractivity contribution in [2.45, 2.75) is 25.8 Å². The summed E-state index contributed by atoms with van der Waals surface area (Å²) in [6, 6.07) is 5.35. The average Bonchev–Trinajstić information content (AvgIpc) is 2.64. The van der Waals surface area contributed by atoms with Gasteiger partial charge in [0.05, 0.1) is 11.0 Å². The molecule has 0 saturated heterocycles. The fourth-order valence-corrected chi connectivity index (χ4v) is 1.81. The van der Waals surface area contributed by atoms with Gasteiger partial charge in [-0.05, 0) is 31.0 Å². The van der Waals surface area contributed by atoms with Crippen molar-refractivity contribution in [3.05, 3.63) is 34.2 Å². The molecule has 2 rings (SSSR count). The van der Waals surface area contributed by atoms with E-state index < -0.39 is 0 Å². The molecular formula is C12H15N3O2. The lowest BCUT2D eigenvalue weighted by atomic mass is 10.0. The predicted molar refractivity (Wildman–Crippen MR) is 65.8 cm³/mol. The van der Waals surface area contributed by atoms with Crippen LogP contribution in [0.3, 0.4) is 0 Å². The SMILES string of the molecule is CC(=O)CCC(N)c1ccc2[nH]c(=O)[nH]c2c1. The molecule has 5 nitrogen and oxygen atoms in total. The van der Waals surface area contributed by atoms with Gasteiger partial charge in [0, 0.05) is 12.5 Å². The molecule has 2 aromatic rings. The van der Waals surface area contributed by atoms with Crippen LogP contribution < -0.4 is 11.4 Å². The Balaban J connectivity index is 2.23. The van der Waals surface area contributed by atoms with E-state index in [2.05, 4.69) is 9.97 Å². The van der Waals surface area contributed by atoms with Crippen molar-refractivity contribution in [3.63, 3.8) is 0 Å². The van der Waals surface area contributed by atoms with Gasteiger partial charge in [-0.1, -0.05) is 6.07 Å². The number of H-pyrrole nitrogens is 2. The number of benzene rings is 1. The Bertz CT molecular complexity index is 597. The Morgan fingerprint density at radius 3 is 2.76 bits per heavy atom. The van der Waals surface area contributed by atoms with Crippen LogP contribution in [0.5, 0.6) is 0 Å². The second kappa shape index (κ2) is 4.55. The zero-order valence-electron chi connectivity index (χ0n) is 9.62. The fourth-order valence-electron chi connectivity index (χ4n) is 1.81. The molecule has 0 aliphatic rings. The molecule has 1 unspecified atom stereocenters. The van der Waals surface area contributed by atoms with Gasteiger partial charge in [-0.25, -0.2) is 4.79 Å². The Labute approximate surface area is 98.0 Å². The zero-order valence-corrected chi connectivity index (χ0v) is 9.62. The van der Waals surface area contributed by atoms with Gasteiger partial charge >= 0.3 is 5.69 Å². The minimum absolute atomic E-state index is 0.136. The summed E-state index contributed by atoms with van der Waals surface area (Å²) in [5.41, 5.74) is 8.19. The lowest BCUT2D eigenvalue weighted by Gasteiger charge is -2.10. The van der Waals surface area contributed by atoms with Crippen LogP contribution in [0, 0.1) is 0 Å².